The summed E-state index contributed by atoms with van der Waals surface area (Å²) in [5.41, 5.74) is 0.227. The highest BCUT2D eigenvalue weighted by Gasteiger charge is 2.47. The first-order valence-electron chi connectivity index (χ1n) is 8.96. The minimum Gasteiger partial charge on any atom is -0.464 e. The fourth-order valence-electron chi connectivity index (χ4n) is 3.54. The van der Waals surface area contributed by atoms with Gasteiger partial charge in [-0.1, -0.05) is 18.6 Å². The van der Waals surface area contributed by atoms with Crippen molar-refractivity contribution < 1.29 is 14.5 Å². The number of carbonyl (C=O) groups excluding carboxylic acids is 1. The topological polar surface area (TPSA) is 72.7 Å². The molecule has 2 rings (SSSR count). The highest BCUT2D eigenvalue weighted by atomic mass is 16.6. The number of ether oxygens (including phenoxy) is 1. The summed E-state index contributed by atoms with van der Waals surface area (Å²) >= 11 is 0. The number of nitrogens with zero attached hydrogens (tertiary/aromatic N) is 2. The molecule has 138 valence electrons. The standard InChI is InChI=1S/C19H28N2O4/c1-14(2)20(15(3)4)12-13-25-18(22)19(10-5-11-19)16-6-8-17(9-7-16)21(23)24/h6-9,14-15H,5,10-13H2,1-4H3. The average molecular weight is 348 g/mol. The largest absolute Gasteiger partial charge is 0.464 e. The smallest absolute Gasteiger partial charge is 0.316 e. The zero-order valence-corrected chi connectivity index (χ0v) is 15.5. The van der Waals surface area contributed by atoms with Crippen LogP contribution in [0.25, 0.3) is 0 Å². The molecule has 0 unspecified atom stereocenters. The molecule has 1 aliphatic carbocycles. The van der Waals surface area contributed by atoms with E-state index in [-0.39, 0.29) is 11.7 Å². The molecular weight excluding hydrogens is 320 g/mol. The Morgan fingerprint density at radius 2 is 1.76 bits per heavy atom. The van der Waals surface area contributed by atoms with Crippen molar-refractivity contribution in [2.75, 3.05) is 13.2 Å². The van der Waals surface area contributed by atoms with Crippen molar-refractivity contribution in [3.8, 4) is 0 Å². The second-order valence-electron chi connectivity index (χ2n) is 7.30. The number of benzene rings is 1. The van der Waals surface area contributed by atoms with Crippen molar-refractivity contribution >= 4 is 11.7 Å². The Morgan fingerprint density at radius 3 is 2.16 bits per heavy atom. The van der Waals surface area contributed by atoms with Gasteiger partial charge in [-0.3, -0.25) is 19.8 Å². The third-order valence-corrected chi connectivity index (χ3v) is 5.14. The van der Waals surface area contributed by atoms with Gasteiger partial charge in [-0.2, -0.15) is 0 Å². The number of non-ortho nitro benzene ring substituents is 1. The molecule has 0 N–H and O–H groups in total. The molecule has 0 atom stereocenters. The lowest BCUT2D eigenvalue weighted by molar-refractivity contribution is -0.384. The SMILES string of the molecule is CC(C)N(CCOC(=O)C1(c2ccc([N+](=O)[O-])cc2)CCC1)C(C)C. The lowest BCUT2D eigenvalue weighted by atomic mass is 9.64. The Hall–Kier alpha value is -1.95. The maximum atomic E-state index is 12.7. The van der Waals surface area contributed by atoms with E-state index in [0.717, 1.165) is 24.8 Å². The molecule has 1 saturated carbocycles. The number of carbonyl (C=O) groups is 1. The fraction of sp³-hybridized carbons (Fsp3) is 0.632. The molecular formula is C19H28N2O4. The first kappa shape index (κ1) is 19.4. The molecule has 0 amide bonds. The van der Waals surface area contributed by atoms with E-state index in [1.165, 1.54) is 12.1 Å². The van der Waals surface area contributed by atoms with Crippen LogP contribution in [0.4, 0.5) is 5.69 Å². The summed E-state index contributed by atoms with van der Waals surface area (Å²) in [4.78, 5) is 25.4. The Bertz CT molecular complexity index is 598. The maximum absolute atomic E-state index is 12.7. The third kappa shape index (κ3) is 4.18. The van der Waals surface area contributed by atoms with E-state index in [1.807, 2.05) is 0 Å². The minimum absolute atomic E-state index is 0.0381. The molecule has 0 bridgehead atoms. The van der Waals surface area contributed by atoms with Gasteiger partial charge < -0.3 is 4.74 Å². The summed E-state index contributed by atoms with van der Waals surface area (Å²) in [5.74, 6) is -0.208. The van der Waals surface area contributed by atoms with Crippen LogP contribution in [0.1, 0.15) is 52.5 Å². The number of nitro groups is 1. The molecule has 0 spiro atoms. The zero-order chi connectivity index (χ0) is 18.6. The van der Waals surface area contributed by atoms with Crippen LogP contribution in [0.2, 0.25) is 0 Å². The van der Waals surface area contributed by atoms with Crippen LogP contribution in [0.5, 0.6) is 0 Å². The van der Waals surface area contributed by atoms with Gasteiger partial charge in [-0.05, 0) is 46.1 Å². The number of esters is 1. The predicted molar refractivity (Wildman–Crippen MR) is 96.6 cm³/mol. The molecule has 1 aromatic carbocycles. The highest BCUT2D eigenvalue weighted by molar-refractivity contribution is 5.84. The Balaban J connectivity index is 2.01. The van der Waals surface area contributed by atoms with Gasteiger partial charge in [0.05, 0.1) is 10.3 Å². The third-order valence-electron chi connectivity index (χ3n) is 5.14. The zero-order valence-electron chi connectivity index (χ0n) is 15.5. The predicted octanol–water partition coefficient (Wildman–Crippen LogP) is 3.68. The van der Waals surface area contributed by atoms with E-state index in [9.17, 15) is 14.9 Å². The summed E-state index contributed by atoms with van der Waals surface area (Å²) in [6, 6.07) is 7.08. The second kappa shape index (κ2) is 7.95. The molecule has 0 aliphatic heterocycles. The second-order valence-corrected chi connectivity index (χ2v) is 7.30. The summed E-state index contributed by atoms with van der Waals surface area (Å²) in [6.45, 7) is 9.60. The van der Waals surface area contributed by atoms with Crippen molar-refractivity contribution in [3.63, 3.8) is 0 Å². The summed E-state index contributed by atoms with van der Waals surface area (Å²) < 4.78 is 5.60. The van der Waals surface area contributed by atoms with Gasteiger partial charge in [-0.15, -0.1) is 0 Å². The molecule has 1 fully saturated rings. The normalized spacial score (nSPS) is 16.1. The van der Waals surface area contributed by atoms with Crippen molar-refractivity contribution in [3.05, 3.63) is 39.9 Å². The van der Waals surface area contributed by atoms with Gasteiger partial charge in [0, 0.05) is 30.8 Å². The van der Waals surface area contributed by atoms with E-state index in [2.05, 4.69) is 32.6 Å². The highest BCUT2D eigenvalue weighted by Crippen LogP contribution is 2.45. The number of rotatable bonds is 8. The Kier molecular flexibility index (Phi) is 6.16. The van der Waals surface area contributed by atoms with Crippen LogP contribution in [0.15, 0.2) is 24.3 Å². The first-order chi connectivity index (χ1) is 11.8. The average Bonchev–Trinajstić information content (AvgIpc) is 2.50. The van der Waals surface area contributed by atoms with Crippen molar-refractivity contribution in [2.24, 2.45) is 0 Å². The molecule has 6 nitrogen and oxygen atoms in total. The van der Waals surface area contributed by atoms with Crippen LogP contribution in [-0.2, 0) is 14.9 Å². The van der Waals surface area contributed by atoms with E-state index in [0.29, 0.717) is 25.2 Å². The van der Waals surface area contributed by atoms with Crippen molar-refractivity contribution in [2.45, 2.75) is 64.5 Å². The number of hydrogen-bond acceptors (Lipinski definition) is 5. The van der Waals surface area contributed by atoms with Gasteiger partial charge in [0.25, 0.3) is 5.69 Å². The molecule has 0 aromatic heterocycles. The summed E-state index contributed by atoms with van der Waals surface area (Å²) in [5, 5.41) is 10.8. The number of nitro benzene ring substituents is 1. The molecule has 0 heterocycles. The van der Waals surface area contributed by atoms with Crippen LogP contribution in [-0.4, -0.2) is 41.0 Å². The van der Waals surface area contributed by atoms with Crippen LogP contribution in [0, 0.1) is 10.1 Å². The van der Waals surface area contributed by atoms with E-state index in [4.69, 9.17) is 4.74 Å². The van der Waals surface area contributed by atoms with Crippen LogP contribution < -0.4 is 0 Å². The van der Waals surface area contributed by atoms with E-state index in [1.54, 1.807) is 12.1 Å². The monoisotopic (exact) mass is 348 g/mol. The molecule has 0 saturated heterocycles. The lowest BCUT2D eigenvalue weighted by Crippen LogP contribution is -2.45. The molecule has 6 heteroatoms. The minimum atomic E-state index is -0.629. The van der Waals surface area contributed by atoms with Gasteiger partial charge in [-0.25, -0.2) is 0 Å². The van der Waals surface area contributed by atoms with Gasteiger partial charge >= 0.3 is 5.97 Å². The lowest BCUT2D eigenvalue weighted by Gasteiger charge is -2.40. The van der Waals surface area contributed by atoms with Gasteiger partial charge in [0.1, 0.15) is 6.61 Å². The van der Waals surface area contributed by atoms with E-state index >= 15 is 0 Å². The van der Waals surface area contributed by atoms with Crippen LogP contribution in [0.3, 0.4) is 0 Å². The Labute approximate surface area is 149 Å². The van der Waals surface area contributed by atoms with Crippen LogP contribution >= 0.6 is 0 Å². The van der Waals surface area contributed by atoms with E-state index < -0.39 is 10.3 Å². The van der Waals surface area contributed by atoms with Crippen molar-refractivity contribution in [1.82, 2.24) is 4.90 Å². The van der Waals surface area contributed by atoms with Crippen molar-refractivity contribution in [1.29, 1.82) is 0 Å². The number of hydrogen-bond donors (Lipinski definition) is 0. The maximum Gasteiger partial charge on any atom is 0.316 e. The fourth-order valence-corrected chi connectivity index (χ4v) is 3.54. The quantitative estimate of drug-likeness (QED) is 0.407. The Morgan fingerprint density at radius 1 is 1.20 bits per heavy atom. The first-order valence-corrected chi connectivity index (χ1v) is 8.96. The molecule has 0 radical (unpaired) electrons. The summed E-state index contributed by atoms with van der Waals surface area (Å²) in [6.07, 6.45) is 2.44. The van der Waals surface area contributed by atoms with Gasteiger partial charge in [0.15, 0.2) is 0 Å². The van der Waals surface area contributed by atoms with Gasteiger partial charge in [0.2, 0.25) is 0 Å². The molecule has 1 aromatic rings. The summed E-state index contributed by atoms with van der Waals surface area (Å²) in [7, 11) is 0. The molecule has 1 aliphatic rings. The molecule has 25 heavy (non-hydrogen) atoms.